The van der Waals surface area contributed by atoms with E-state index in [-0.39, 0.29) is 43.5 Å². The summed E-state index contributed by atoms with van der Waals surface area (Å²) in [6.45, 7) is 4.57. The van der Waals surface area contributed by atoms with Crippen molar-refractivity contribution in [2.45, 2.75) is 22.7 Å². The fourth-order valence-corrected chi connectivity index (χ4v) is 2.73. The van der Waals surface area contributed by atoms with Crippen molar-refractivity contribution in [3.05, 3.63) is 71.5 Å². The van der Waals surface area contributed by atoms with E-state index in [1.54, 1.807) is 36.4 Å². The molecule has 0 saturated heterocycles. The maximum absolute atomic E-state index is 8.83. The second-order valence-electron chi connectivity index (χ2n) is 4.32. The van der Waals surface area contributed by atoms with Gasteiger partial charge in [-0.05, 0) is 12.1 Å². The van der Waals surface area contributed by atoms with E-state index < -0.39 is 0 Å². The molecule has 4 nitrogen and oxygen atoms in total. The molecule has 0 heterocycles. The molecule has 0 aliphatic carbocycles. The summed E-state index contributed by atoms with van der Waals surface area (Å²) in [6, 6.07) is 15.7. The minimum absolute atomic E-state index is 0.0972. The fraction of sp³-hybridized carbons (Fsp3) is 0.222. The molecule has 4 N–H and O–H groups in total. The van der Waals surface area contributed by atoms with E-state index in [9.17, 15) is 0 Å². The van der Waals surface area contributed by atoms with Crippen LogP contribution in [-0.2, 0) is 0 Å². The zero-order valence-corrected chi connectivity index (χ0v) is 16.3. The summed E-state index contributed by atoms with van der Waals surface area (Å²) >= 11 is 0.218. The molecular formula is C18H24O4Sn+2. The Balaban J connectivity index is 0.000000332. The zero-order chi connectivity index (χ0) is 17.5. The molecule has 2 aromatic rings. The summed E-state index contributed by atoms with van der Waals surface area (Å²) in [5, 5.41) is 17.7. The Hall–Kier alpha value is -1.82. The number of rotatable bonds is 2. The van der Waals surface area contributed by atoms with Crippen LogP contribution in [0.15, 0.2) is 60.7 Å². The predicted molar refractivity (Wildman–Crippen MR) is 93.1 cm³/mol. The monoisotopic (exact) mass is 424 g/mol. The third kappa shape index (κ3) is 11.4. The molecule has 0 spiro atoms. The van der Waals surface area contributed by atoms with Crippen LogP contribution in [0.2, 0.25) is 8.87 Å². The first-order valence-corrected chi connectivity index (χ1v) is 11.4. The van der Waals surface area contributed by atoms with Gasteiger partial charge < -0.3 is 10.2 Å². The molecule has 122 valence electrons. The van der Waals surface area contributed by atoms with Crippen molar-refractivity contribution < 1.29 is 19.8 Å². The van der Waals surface area contributed by atoms with E-state index in [0.29, 0.717) is 0 Å². The van der Waals surface area contributed by atoms with Gasteiger partial charge in [0, 0.05) is 12.1 Å². The first-order chi connectivity index (χ1) is 11.0. The Bertz CT molecular complexity index is 615. The summed E-state index contributed by atoms with van der Waals surface area (Å²) in [5.74, 6) is -0.194. The third-order valence-corrected chi connectivity index (χ3v) is 5.34. The second-order valence-corrected chi connectivity index (χ2v) is 9.78. The smallest absolute Gasteiger partial charge is 0.381 e. The van der Waals surface area contributed by atoms with Crippen molar-refractivity contribution in [1.29, 1.82) is 0 Å². The molecule has 0 amide bonds. The van der Waals surface area contributed by atoms with Crippen molar-refractivity contribution in [3.63, 3.8) is 0 Å². The normalized spacial score (nSPS) is 8.78. The van der Waals surface area contributed by atoms with Crippen molar-refractivity contribution in [1.82, 2.24) is 0 Å². The molecule has 0 aliphatic rings. The molecule has 0 unspecified atom stereocenters. The van der Waals surface area contributed by atoms with Crippen LogP contribution in [0.1, 0.15) is 13.8 Å². The molecule has 0 atom stereocenters. The van der Waals surface area contributed by atoms with Crippen LogP contribution >= 0.6 is 0 Å². The maximum atomic E-state index is 8.83. The number of hydrogen-bond acceptors (Lipinski definition) is 2. The van der Waals surface area contributed by atoms with Crippen LogP contribution in [0, 0.1) is 0 Å². The van der Waals surface area contributed by atoms with E-state index in [0.717, 1.165) is 0 Å². The second kappa shape index (κ2) is 13.8. The van der Waals surface area contributed by atoms with Gasteiger partial charge in [0.15, 0.2) is 0 Å². The number of aromatic hydroxyl groups is 2. The van der Waals surface area contributed by atoms with Gasteiger partial charge in [0.25, 0.3) is 0 Å². The largest absolute Gasteiger partial charge is 0.500 e. The van der Waals surface area contributed by atoms with Crippen LogP contribution in [0.5, 0.6) is 11.5 Å². The molecule has 0 bridgehead atoms. The molecular weight excluding hydrogens is 399 g/mol. The van der Waals surface area contributed by atoms with Crippen molar-refractivity contribution in [2.75, 3.05) is 0 Å². The topological polar surface area (TPSA) is 83.3 Å². The Morgan fingerprint density at radius 3 is 1.35 bits per heavy atom. The SMILES string of the molecule is C[CH2][Sn][CH2]C.Oc1cccccc1=[OH+].Oc1cccccc1=[OH+]. The Morgan fingerprint density at radius 2 is 1.04 bits per heavy atom. The average molecular weight is 423 g/mol. The molecule has 2 rings (SSSR count). The van der Waals surface area contributed by atoms with Gasteiger partial charge in [-0.25, -0.2) is 0 Å². The molecule has 0 fully saturated rings. The van der Waals surface area contributed by atoms with Gasteiger partial charge in [-0.15, -0.1) is 0 Å². The first-order valence-electron chi connectivity index (χ1n) is 7.34. The van der Waals surface area contributed by atoms with Crippen LogP contribution in [0.4, 0.5) is 0 Å². The third-order valence-electron chi connectivity index (χ3n) is 2.49. The Labute approximate surface area is 146 Å². The van der Waals surface area contributed by atoms with Gasteiger partial charge in [0.05, 0.1) is 0 Å². The van der Waals surface area contributed by atoms with Crippen LogP contribution in [-0.4, -0.2) is 40.9 Å². The first kappa shape index (κ1) is 21.2. The molecule has 0 aliphatic heterocycles. The van der Waals surface area contributed by atoms with Crippen LogP contribution < -0.4 is 10.9 Å². The fourth-order valence-electron chi connectivity index (χ4n) is 1.31. The molecule has 2 aromatic carbocycles. The molecule has 23 heavy (non-hydrogen) atoms. The number of hydrogen-bond donors (Lipinski definition) is 2. The quantitative estimate of drug-likeness (QED) is 0.575. The average Bonchev–Trinajstić information content (AvgIpc) is 2.84. The van der Waals surface area contributed by atoms with E-state index in [4.69, 9.17) is 19.8 Å². The standard InChI is InChI=1S/2C7H6O2.2C2H5.Sn/c2*8-6-4-2-1-3-5-7(6)9;2*1-2;/h2*1-5H,(H,8,9);2*1H2,2H3;/p+2. The minimum atomic E-state index is -0.0972. The molecule has 2 radical (unpaired) electrons. The van der Waals surface area contributed by atoms with Crippen molar-refractivity contribution in [2.24, 2.45) is 0 Å². The van der Waals surface area contributed by atoms with E-state index in [1.807, 2.05) is 0 Å². The summed E-state index contributed by atoms with van der Waals surface area (Å²) in [4.78, 5) is 17.7. The van der Waals surface area contributed by atoms with E-state index in [1.165, 1.54) is 33.1 Å². The Morgan fingerprint density at radius 1 is 0.696 bits per heavy atom. The van der Waals surface area contributed by atoms with Gasteiger partial charge in [-0.2, -0.15) is 0 Å². The molecule has 0 aromatic heterocycles. The summed E-state index contributed by atoms with van der Waals surface area (Å²) in [7, 11) is 0. The van der Waals surface area contributed by atoms with Crippen molar-refractivity contribution in [3.8, 4) is 11.5 Å². The Kier molecular flexibility index (Phi) is 12.7. The van der Waals surface area contributed by atoms with E-state index in [2.05, 4.69) is 13.8 Å². The van der Waals surface area contributed by atoms with Gasteiger partial charge >= 0.3 is 54.7 Å². The minimum Gasteiger partial charge on any atom is -0.500 e. The van der Waals surface area contributed by atoms with Gasteiger partial charge in [-0.3, -0.25) is 9.59 Å². The predicted octanol–water partition coefficient (Wildman–Crippen LogP) is 2.36. The van der Waals surface area contributed by atoms with Gasteiger partial charge in [0.2, 0.25) is 11.5 Å². The molecule has 0 saturated carbocycles. The molecule has 5 heteroatoms. The summed E-state index contributed by atoms with van der Waals surface area (Å²) < 4.78 is 3.03. The van der Waals surface area contributed by atoms with Crippen LogP contribution in [0.3, 0.4) is 0 Å². The summed E-state index contributed by atoms with van der Waals surface area (Å²) in [6.07, 6.45) is 0. The van der Waals surface area contributed by atoms with Gasteiger partial charge in [0.1, 0.15) is 0 Å². The van der Waals surface area contributed by atoms with E-state index >= 15 is 0 Å². The van der Waals surface area contributed by atoms with Gasteiger partial charge in [-0.1, -0.05) is 36.4 Å². The maximum Gasteiger partial charge on any atom is 0.381 e. The van der Waals surface area contributed by atoms with Crippen LogP contribution in [0.25, 0.3) is 0 Å². The zero-order valence-electron chi connectivity index (χ0n) is 13.5. The summed E-state index contributed by atoms with van der Waals surface area (Å²) in [5.41, 5.74) is -0.194. The van der Waals surface area contributed by atoms with Crippen molar-refractivity contribution >= 4 is 21.1 Å².